The minimum atomic E-state index is -0.593. The van der Waals surface area contributed by atoms with Crippen LogP contribution in [0.2, 0.25) is 0 Å². The first-order valence-corrected chi connectivity index (χ1v) is 3.32. The minimum absolute atomic E-state index is 0.0682. The third-order valence-corrected chi connectivity index (χ3v) is 1.26. The summed E-state index contributed by atoms with van der Waals surface area (Å²) in [6, 6.07) is 0.204. The summed E-state index contributed by atoms with van der Waals surface area (Å²) in [6.45, 7) is 3.89. The molecule has 0 atom stereocenters. The fourth-order valence-electron chi connectivity index (χ4n) is 0.637. The van der Waals surface area contributed by atoms with Crippen molar-refractivity contribution in [2.45, 2.75) is 19.9 Å². The molecule has 0 saturated carbocycles. The number of aromatic nitrogens is 3. The summed E-state index contributed by atoms with van der Waals surface area (Å²) in [5, 5.41) is 3.84. The molecule has 0 aromatic carbocycles. The molecule has 0 aliphatic carbocycles. The van der Waals surface area contributed by atoms with E-state index in [1.165, 1.54) is 6.33 Å². The van der Waals surface area contributed by atoms with Gasteiger partial charge in [-0.05, 0) is 13.8 Å². The van der Waals surface area contributed by atoms with Gasteiger partial charge in [-0.15, -0.1) is 5.10 Å². The van der Waals surface area contributed by atoms with Crippen LogP contribution in [-0.4, -0.2) is 20.7 Å². The average molecular weight is 154 g/mol. The van der Waals surface area contributed by atoms with Crippen LogP contribution >= 0.6 is 0 Å². The summed E-state index contributed by atoms with van der Waals surface area (Å²) < 4.78 is 1.58. The van der Waals surface area contributed by atoms with Gasteiger partial charge in [0.15, 0.2) is 0 Å². The molecule has 0 aliphatic heterocycles. The van der Waals surface area contributed by atoms with Crippen molar-refractivity contribution in [1.82, 2.24) is 14.8 Å². The van der Waals surface area contributed by atoms with Crippen molar-refractivity contribution in [2.75, 3.05) is 0 Å². The van der Waals surface area contributed by atoms with Crippen LogP contribution in [0.5, 0.6) is 0 Å². The molecule has 0 saturated heterocycles. The van der Waals surface area contributed by atoms with Crippen molar-refractivity contribution in [1.29, 1.82) is 0 Å². The lowest BCUT2D eigenvalue weighted by Gasteiger charge is -2.00. The third kappa shape index (κ3) is 1.54. The maximum absolute atomic E-state index is 10.5. The minimum Gasteiger partial charge on any atom is -0.363 e. The second kappa shape index (κ2) is 2.69. The van der Waals surface area contributed by atoms with Crippen molar-refractivity contribution in [3.05, 3.63) is 12.2 Å². The van der Waals surface area contributed by atoms with Crippen LogP contribution in [0.4, 0.5) is 0 Å². The van der Waals surface area contributed by atoms with E-state index >= 15 is 0 Å². The Morgan fingerprint density at radius 3 is 2.64 bits per heavy atom. The van der Waals surface area contributed by atoms with Crippen molar-refractivity contribution in [2.24, 2.45) is 5.73 Å². The topological polar surface area (TPSA) is 73.8 Å². The lowest BCUT2D eigenvalue weighted by Crippen LogP contribution is -2.14. The normalized spacial score (nSPS) is 10.5. The first-order chi connectivity index (χ1) is 5.11. The van der Waals surface area contributed by atoms with Gasteiger partial charge in [-0.25, -0.2) is 9.67 Å². The maximum Gasteiger partial charge on any atom is 0.288 e. The fourth-order valence-corrected chi connectivity index (χ4v) is 0.637. The van der Waals surface area contributed by atoms with E-state index in [1.54, 1.807) is 4.68 Å². The van der Waals surface area contributed by atoms with E-state index in [0.717, 1.165) is 0 Å². The maximum atomic E-state index is 10.5. The molecule has 1 amide bonds. The monoisotopic (exact) mass is 154 g/mol. The van der Waals surface area contributed by atoms with Gasteiger partial charge in [0.25, 0.3) is 5.91 Å². The largest absolute Gasteiger partial charge is 0.363 e. The average Bonchev–Trinajstić information content (AvgIpc) is 2.33. The number of carbonyl (C=O) groups excluding carboxylic acids is 1. The highest BCUT2D eigenvalue weighted by Gasteiger charge is 2.07. The van der Waals surface area contributed by atoms with Gasteiger partial charge < -0.3 is 5.73 Å². The van der Waals surface area contributed by atoms with E-state index in [4.69, 9.17) is 5.73 Å². The van der Waals surface area contributed by atoms with Gasteiger partial charge in [0, 0.05) is 6.04 Å². The summed E-state index contributed by atoms with van der Waals surface area (Å²) in [6.07, 6.45) is 1.49. The van der Waals surface area contributed by atoms with E-state index in [9.17, 15) is 4.79 Å². The lowest BCUT2D eigenvalue weighted by atomic mass is 10.4. The van der Waals surface area contributed by atoms with E-state index in [2.05, 4.69) is 10.1 Å². The molecule has 5 nitrogen and oxygen atoms in total. The Kier molecular flexibility index (Phi) is 1.89. The van der Waals surface area contributed by atoms with Crippen molar-refractivity contribution in [3.8, 4) is 0 Å². The van der Waals surface area contributed by atoms with E-state index < -0.39 is 5.91 Å². The van der Waals surface area contributed by atoms with Crippen LogP contribution in [0.1, 0.15) is 30.5 Å². The Labute approximate surface area is 64.2 Å². The number of nitrogens with zero attached hydrogens (tertiary/aromatic N) is 3. The smallest absolute Gasteiger partial charge is 0.288 e. The lowest BCUT2D eigenvalue weighted by molar-refractivity contribution is 0.0990. The van der Waals surface area contributed by atoms with Crippen LogP contribution in [0, 0.1) is 0 Å². The molecule has 2 N–H and O–H groups in total. The standard InChI is InChI=1S/C6H10N4O/c1-4(2)10-3-8-6(9-10)5(7)11/h3-4H,1-2H3,(H2,7,11). The molecule has 60 valence electrons. The molecular formula is C6H10N4O. The fraction of sp³-hybridized carbons (Fsp3) is 0.500. The molecule has 1 heterocycles. The van der Waals surface area contributed by atoms with Crippen molar-refractivity contribution < 1.29 is 4.79 Å². The molecule has 5 heteroatoms. The number of hydrogen-bond acceptors (Lipinski definition) is 3. The predicted molar refractivity (Wildman–Crippen MR) is 38.9 cm³/mol. The number of nitrogens with two attached hydrogens (primary N) is 1. The van der Waals surface area contributed by atoms with E-state index in [0.29, 0.717) is 0 Å². The molecule has 1 aromatic heterocycles. The van der Waals surface area contributed by atoms with Gasteiger partial charge in [-0.3, -0.25) is 4.79 Å². The van der Waals surface area contributed by atoms with Crippen LogP contribution in [-0.2, 0) is 0 Å². The molecule has 11 heavy (non-hydrogen) atoms. The van der Waals surface area contributed by atoms with Crippen LogP contribution < -0.4 is 5.73 Å². The number of hydrogen-bond donors (Lipinski definition) is 1. The highest BCUT2D eigenvalue weighted by atomic mass is 16.1. The SMILES string of the molecule is CC(C)n1cnc(C(N)=O)n1. The van der Waals surface area contributed by atoms with Crippen molar-refractivity contribution in [3.63, 3.8) is 0 Å². The zero-order valence-electron chi connectivity index (χ0n) is 6.48. The molecule has 0 bridgehead atoms. The quantitative estimate of drug-likeness (QED) is 0.649. The number of rotatable bonds is 2. The molecule has 0 spiro atoms. The van der Waals surface area contributed by atoms with Crippen LogP contribution in [0.3, 0.4) is 0 Å². The van der Waals surface area contributed by atoms with Crippen molar-refractivity contribution >= 4 is 5.91 Å². The molecule has 0 unspecified atom stereocenters. The van der Waals surface area contributed by atoms with Crippen LogP contribution in [0.15, 0.2) is 6.33 Å². The molecular weight excluding hydrogens is 144 g/mol. The molecule has 1 rings (SSSR count). The number of primary amides is 1. The van der Waals surface area contributed by atoms with E-state index in [1.807, 2.05) is 13.8 Å². The van der Waals surface area contributed by atoms with Gasteiger partial charge in [0.05, 0.1) is 0 Å². The van der Waals surface area contributed by atoms with Gasteiger partial charge >= 0.3 is 0 Å². The molecule has 0 radical (unpaired) electrons. The molecule has 0 fully saturated rings. The Balaban J connectivity index is 2.90. The zero-order chi connectivity index (χ0) is 8.43. The highest BCUT2D eigenvalue weighted by Crippen LogP contribution is 1.99. The summed E-state index contributed by atoms with van der Waals surface area (Å²) in [4.78, 5) is 14.2. The second-order valence-corrected chi connectivity index (χ2v) is 2.51. The van der Waals surface area contributed by atoms with Crippen LogP contribution in [0.25, 0.3) is 0 Å². The Morgan fingerprint density at radius 2 is 2.36 bits per heavy atom. The number of amides is 1. The van der Waals surface area contributed by atoms with Gasteiger partial charge in [-0.2, -0.15) is 0 Å². The number of carbonyl (C=O) groups is 1. The summed E-state index contributed by atoms with van der Waals surface area (Å²) in [5.41, 5.74) is 4.95. The summed E-state index contributed by atoms with van der Waals surface area (Å²) in [7, 11) is 0. The zero-order valence-corrected chi connectivity index (χ0v) is 6.48. The van der Waals surface area contributed by atoms with Gasteiger partial charge in [-0.1, -0.05) is 0 Å². The van der Waals surface area contributed by atoms with Gasteiger partial charge in [0.2, 0.25) is 5.82 Å². The summed E-state index contributed by atoms with van der Waals surface area (Å²) in [5.74, 6) is -0.525. The first-order valence-electron chi connectivity index (χ1n) is 3.32. The summed E-state index contributed by atoms with van der Waals surface area (Å²) >= 11 is 0. The predicted octanol–water partition coefficient (Wildman–Crippen LogP) is -0.0421. The highest BCUT2D eigenvalue weighted by molar-refractivity contribution is 5.88. The Morgan fingerprint density at radius 1 is 1.73 bits per heavy atom. The third-order valence-electron chi connectivity index (χ3n) is 1.26. The van der Waals surface area contributed by atoms with E-state index in [-0.39, 0.29) is 11.9 Å². The Bertz CT molecular complexity index is 265. The second-order valence-electron chi connectivity index (χ2n) is 2.51. The molecule has 1 aromatic rings. The first kappa shape index (κ1) is 7.71. The van der Waals surface area contributed by atoms with Gasteiger partial charge in [0.1, 0.15) is 6.33 Å². The Hall–Kier alpha value is -1.39. The molecule has 0 aliphatic rings.